The van der Waals surface area contributed by atoms with Crippen molar-refractivity contribution in [2.45, 2.75) is 30.7 Å². The maximum Gasteiger partial charge on any atom is 0.243 e. The Hall–Kier alpha value is -2.72. The quantitative estimate of drug-likeness (QED) is 0.368. The molecule has 0 unspecified atom stereocenters. The van der Waals surface area contributed by atoms with Gasteiger partial charge in [0.05, 0.1) is 17.9 Å². The van der Waals surface area contributed by atoms with Crippen LogP contribution in [0.1, 0.15) is 24.0 Å². The molecule has 0 bridgehead atoms. The van der Waals surface area contributed by atoms with Crippen molar-refractivity contribution in [3.05, 3.63) is 93.4 Å². The van der Waals surface area contributed by atoms with Crippen LogP contribution in [0, 0.1) is 0 Å². The van der Waals surface area contributed by atoms with Crippen molar-refractivity contribution in [1.82, 2.24) is 9.21 Å². The molecule has 1 aliphatic rings. The highest BCUT2D eigenvalue weighted by molar-refractivity contribution is 9.10. The number of likely N-dealkylation sites (tertiary alicyclic amines) is 1. The summed E-state index contributed by atoms with van der Waals surface area (Å²) >= 11 is 9.60. The summed E-state index contributed by atoms with van der Waals surface area (Å²) in [5, 5.41) is 3.18. The van der Waals surface area contributed by atoms with E-state index >= 15 is 0 Å². The third kappa shape index (κ3) is 7.19. The lowest BCUT2D eigenvalue weighted by atomic mass is 10.1. The number of rotatable bonds is 9. The van der Waals surface area contributed by atoms with Gasteiger partial charge in [-0.3, -0.25) is 9.59 Å². The van der Waals surface area contributed by atoms with E-state index in [0.29, 0.717) is 22.7 Å². The molecule has 0 aliphatic carbocycles. The summed E-state index contributed by atoms with van der Waals surface area (Å²) in [4.78, 5) is 27.3. The zero-order chi connectivity index (χ0) is 26.4. The summed E-state index contributed by atoms with van der Waals surface area (Å²) in [5.41, 5.74) is 1.96. The average molecular weight is 605 g/mol. The molecule has 3 aromatic carbocycles. The Morgan fingerprint density at radius 3 is 2.24 bits per heavy atom. The van der Waals surface area contributed by atoms with Crippen molar-refractivity contribution in [1.29, 1.82) is 0 Å². The first kappa shape index (κ1) is 27.3. The average Bonchev–Trinajstić information content (AvgIpc) is 3.42. The Labute approximate surface area is 230 Å². The van der Waals surface area contributed by atoms with E-state index in [0.717, 1.165) is 40.3 Å². The number of benzene rings is 3. The lowest BCUT2D eigenvalue weighted by Crippen LogP contribution is -2.37. The summed E-state index contributed by atoms with van der Waals surface area (Å²) in [6.07, 6.45) is 2.40. The number of nitrogens with zero attached hydrogens (tertiary/aromatic N) is 2. The van der Waals surface area contributed by atoms with E-state index in [2.05, 4.69) is 21.2 Å². The fraction of sp³-hybridized carbons (Fsp3) is 0.259. The highest BCUT2D eigenvalue weighted by Crippen LogP contribution is 2.24. The minimum absolute atomic E-state index is 0.0664. The van der Waals surface area contributed by atoms with E-state index in [-0.39, 0.29) is 17.3 Å². The largest absolute Gasteiger partial charge is 0.342 e. The number of nitrogens with one attached hydrogen (secondary N) is 1. The Balaban J connectivity index is 1.47. The minimum atomic E-state index is -4.00. The van der Waals surface area contributed by atoms with Crippen LogP contribution in [0.25, 0.3) is 0 Å². The number of hydrogen-bond acceptors (Lipinski definition) is 4. The molecule has 4 rings (SSSR count). The van der Waals surface area contributed by atoms with Crippen LogP contribution in [-0.4, -0.2) is 49.1 Å². The lowest BCUT2D eigenvalue weighted by Gasteiger charge is -2.22. The molecule has 0 radical (unpaired) electrons. The molecule has 2 amide bonds. The van der Waals surface area contributed by atoms with Gasteiger partial charge >= 0.3 is 0 Å². The van der Waals surface area contributed by atoms with Gasteiger partial charge in [0.1, 0.15) is 0 Å². The molecule has 194 valence electrons. The predicted octanol–water partition coefficient (Wildman–Crippen LogP) is 5.10. The van der Waals surface area contributed by atoms with Gasteiger partial charge in [0.25, 0.3) is 0 Å². The number of sulfonamides is 1. The summed E-state index contributed by atoms with van der Waals surface area (Å²) in [6, 6.07) is 20.2. The molecule has 1 fully saturated rings. The molecule has 7 nitrogen and oxygen atoms in total. The van der Waals surface area contributed by atoms with Gasteiger partial charge in [0.15, 0.2) is 0 Å². The Bertz CT molecular complexity index is 1360. The second kappa shape index (κ2) is 12.2. The molecule has 1 heterocycles. The van der Waals surface area contributed by atoms with Crippen LogP contribution in [0.3, 0.4) is 0 Å². The van der Waals surface area contributed by atoms with Crippen LogP contribution >= 0.6 is 27.5 Å². The zero-order valence-electron chi connectivity index (χ0n) is 20.1. The van der Waals surface area contributed by atoms with E-state index < -0.39 is 22.5 Å². The number of anilines is 1. The highest BCUT2D eigenvalue weighted by atomic mass is 79.9. The van der Waals surface area contributed by atoms with Crippen molar-refractivity contribution >= 4 is 55.1 Å². The molecule has 0 aromatic heterocycles. The van der Waals surface area contributed by atoms with Gasteiger partial charge < -0.3 is 10.2 Å². The van der Waals surface area contributed by atoms with Crippen LogP contribution in [0.5, 0.6) is 0 Å². The second-order valence-electron chi connectivity index (χ2n) is 8.83. The molecular formula is C27H27BrClN3O4S. The van der Waals surface area contributed by atoms with Gasteiger partial charge in [-0.05, 0) is 66.4 Å². The molecule has 0 saturated carbocycles. The molecule has 1 aliphatic heterocycles. The van der Waals surface area contributed by atoms with E-state index in [4.69, 9.17) is 11.6 Å². The standard InChI is InChI=1S/C27H27BrClN3O4S/c28-22-9-13-24(14-10-22)37(35,36)32(18-21-5-1-2-6-25(21)29)19-26(33)30-23-11-7-20(8-12-23)17-27(34)31-15-3-4-16-31/h1-2,5-14H,3-4,15-19H2,(H,30,33). The van der Waals surface area contributed by atoms with E-state index in [1.54, 1.807) is 60.7 Å². The predicted molar refractivity (Wildman–Crippen MR) is 148 cm³/mol. The van der Waals surface area contributed by atoms with Crippen LogP contribution in [0.4, 0.5) is 5.69 Å². The molecule has 3 aromatic rings. The lowest BCUT2D eigenvalue weighted by molar-refractivity contribution is -0.129. The Kier molecular flexibility index (Phi) is 9.02. The highest BCUT2D eigenvalue weighted by Gasteiger charge is 2.27. The molecule has 1 N–H and O–H groups in total. The number of amides is 2. The summed E-state index contributed by atoms with van der Waals surface area (Å²) in [6.45, 7) is 1.14. The number of halogens is 2. The number of carbonyl (C=O) groups excluding carboxylic acids is 2. The fourth-order valence-corrected chi connectivity index (χ4v) is 5.95. The van der Waals surface area contributed by atoms with Crippen molar-refractivity contribution in [2.75, 3.05) is 25.0 Å². The Morgan fingerprint density at radius 1 is 0.946 bits per heavy atom. The molecule has 0 atom stereocenters. The Morgan fingerprint density at radius 2 is 1.59 bits per heavy atom. The first-order valence-corrected chi connectivity index (χ1v) is 14.5. The summed E-state index contributed by atoms with van der Waals surface area (Å²) in [5.74, 6) is -0.392. The molecule has 37 heavy (non-hydrogen) atoms. The summed E-state index contributed by atoms with van der Waals surface area (Å²) in [7, 11) is -4.00. The van der Waals surface area contributed by atoms with Crippen molar-refractivity contribution in [3.8, 4) is 0 Å². The summed E-state index contributed by atoms with van der Waals surface area (Å²) < 4.78 is 28.8. The van der Waals surface area contributed by atoms with Crippen LogP contribution in [-0.2, 0) is 32.6 Å². The fourth-order valence-electron chi connectivity index (χ4n) is 4.12. The van der Waals surface area contributed by atoms with Gasteiger partial charge in [-0.1, -0.05) is 57.9 Å². The number of carbonyl (C=O) groups is 2. The minimum Gasteiger partial charge on any atom is -0.342 e. The molecule has 1 saturated heterocycles. The van der Waals surface area contributed by atoms with Gasteiger partial charge in [-0.15, -0.1) is 0 Å². The van der Waals surface area contributed by atoms with Crippen LogP contribution in [0.2, 0.25) is 5.02 Å². The van der Waals surface area contributed by atoms with Crippen molar-refractivity contribution < 1.29 is 18.0 Å². The van der Waals surface area contributed by atoms with E-state index in [1.165, 1.54) is 12.1 Å². The van der Waals surface area contributed by atoms with Crippen molar-refractivity contribution in [2.24, 2.45) is 0 Å². The first-order valence-electron chi connectivity index (χ1n) is 11.9. The first-order chi connectivity index (χ1) is 17.7. The maximum absolute atomic E-state index is 13.5. The third-order valence-corrected chi connectivity index (χ3v) is 8.83. The van der Waals surface area contributed by atoms with Gasteiger partial charge in [-0.2, -0.15) is 4.31 Å². The molecule has 10 heteroatoms. The van der Waals surface area contributed by atoms with Crippen LogP contribution < -0.4 is 5.32 Å². The maximum atomic E-state index is 13.5. The topological polar surface area (TPSA) is 86.8 Å². The smallest absolute Gasteiger partial charge is 0.243 e. The van der Waals surface area contributed by atoms with E-state index in [1.807, 2.05) is 4.90 Å². The monoisotopic (exact) mass is 603 g/mol. The second-order valence-corrected chi connectivity index (χ2v) is 12.1. The van der Waals surface area contributed by atoms with Gasteiger partial charge in [-0.25, -0.2) is 8.42 Å². The van der Waals surface area contributed by atoms with Crippen LogP contribution in [0.15, 0.2) is 82.2 Å². The zero-order valence-corrected chi connectivity index (χ0v) is 23.2. The van der Waals surface area contributed by atoms with Gasteiger partial charge in [0, 0.05) is 34.8 Å². The number of hydrogen-bond donors (Lipinski definition) is 1. The van der Waals surface area contributed by atoms with E-state index in [9.17, 15) is 18.0 Å². The molecule has 0 spiro atoms. The normalized spacial score (nSPS) is 13.6. The molecular weight excluding hydrogens is 578 g/mol. The van der Waals surface area contributed by atoms with Crippen molar-refractivity contribution in [3.63, 3.8) is 0 Å². The van der Waals surface area contributed by atoms with Gasteiger partial charge in [0.2, 0.25) is 21.8 Å². The third-order valence-electron chi connectivity index (χ3n) is 6.13. The SMILES string of the molecule is O=C(CN(Cc1ccccc1Cl)S(=O)(=O)c1ccc(Br)cc1)Nc1ccc(CC(=O)N2CCCC2)cc1.